The van der Waals surface area contributed by atoms with Crippen LogP contribution in [0.3, 0.4) is 0 Å². The van der Waals surface area contributed by atoms with Gasteiger partial charge in [-0.3, -0.25) is 14.5 Å². The van der Waals surface area contributed by atoms with Crippen molar-refractivity contribution in [3.05, 3.63) is 60.2 Å². The van der Waals surface area contributed by atoms with Crippen molar-refractivity contribution in [2.45, 2.75) is 13.3 Å². The number of para-hydroxylation sites is 2. The molecule has 0 aromatic heterocycles. The number of methoxy groups -OCH3 is 1. The predicted molar refractivity (Wildman–Crippen MR) is 94.2 cm³/mol. The maximum absolute atomic E-state index is 12.2. The topological polar surface area (TPSA) is 58.6 Å². The normalized spacial score (nSPS) is 10.1. The van der Waals surface area contributed by atoms with Crippen LogP contribution < -0.4 is 15.0 Å². The van der Waals surface area contributed by atoms with Crippen LogP contribution in [-0.2, 0) is 16.0 Å². The summed E-state index contributed by atoms with van der Waals surface area (Å²) in [4.78, 5) is 25.5. The molecule has 5 heteroatoms. The minimum Gasteiger partial charge on any atom is -0.495 e. The smallest absolute Gasteiger partial charge is 0.240 e. The first kappa shape index (κ1) is 17.5. The Bertz CT molecular complexity index is 686. The van der Waals surface area contributed by atoms with E-state index in [0.29, 0.717) is 18.0 Å². The van der Waals surface area contributed by atoms with E-state index in [1.807, 2.05) is 36.4 Å². The Labute approximate surface area is 142 Å². The summed E-state index contributed by atoms with van der Waals surface area (Å²) < 4.78 is 5.27. The molecule has 24 heavy (non-hydrogen) atoms. The van der Waals surface area contributed by atoms with Crippen LogP contribution in [0, 0.1) is 0 Å². The molecule has 0 aliphatic carbocycles. The van der Waals surface area contributed by atoms with Crippen LogP contribution in [0.4, 0.5) is 5.69 Å². The van der Waals surface area contributed by atoms with Gasteiger partial charge < -0.3 is 10.1 Å². The average Bonchev–Trinajstić information content (AvgIpc) is 2.60. The van der Waals surface area contributed by atoms with Gasteiger partial charge in [-0.15, -0.1) is 0 Å². The van der Waals surface area contributed by atoms with Gasteiger partial charge in [-0.25, -0.2) is 0 Å². The van der Waals surface area contributed by atoms with Crippen LogP contribution in [0.2, 0.25) is 0 Å². The Morgan fingerprint density at radius 3 is 2.38 bits per heavy atom. The van der Waals surface area contributed by atoms with Gasteiger partial charge in [-0.1, -0.05) is 42.5 Å². The lowest BCUT2D eigenvalue weighted by Crippen LogP contribution is -2.40. The van der Waals surface area contributed by atoms with E-state index in [0.717, 1.165) is 12.0 Å². The zero-order valence-corrected chi connectivity index (χ0v) is 14.0. The fourth-order valence-electron chi connectivity index (χ4n) is 2.41. The molecule has 2 aromatic carbocycles. The van der Waals surface area contributed by atoms with E-state index < -0.39 is 0 Å². The fourth-order valence-corrected chi connectivity index (χ4v) is 2.41. The molecular weight excluding hydrogens is 304 g/mol. The van der Waals surface area contributed by atoms with Crippen molar-refractivity contribution in [3.8, 4) is 5.75 Å². The molecule has 0 radical (unpaired) electrons. The number of carbonyl (C=O) groups is 2. The summed E-state index contributed by atoms with van der Waals surface area (Å²) in [6.07, 6.45) is 0.751. The maximum atomic E-state index is 12.2. The summed E-state index contributed by atoms with van der Waals surface area (Å²) in [7, 11) is 1.54. The van der Waals surface area contributed by atoms with Crippen molar-refractivity contribution in [1.29, 1.82) is 0 Å². The minimum atomic E-state index is -0.210. The summed E-state index contributed by atoms with van der Waals surface area (Å²) in [5, 5.41) is 2.85. The molecule has 126 valence electrons. The highest BCUT2D eigenvalue weighted by molar-refractivity contribution is 5.98. The number of hydrogen-bond donors (Lipinski definition) is 1. The second-order valence-electron chi connectivity index (χ2n) is 5.36. The fraction of sp³-hybridized carbons (Fsp3) is 0.263. The van der Waals surface area contributed by atoms with Gasteiger partial charge in [0.1, 0.15) is 12.3 Å². The third-order valence-electron chi connectivity index (χ3n) is 3.64. The summed E-state index contributed by atoms with van der Waals surface area (Å²) in [5.74, 6) is 0.148. The Balaban J connectivity index is 1.95. The first-order valence-corrected chi connectivity index (χ1v) is 7.83. The zero-order chi connectivity index (χ0) is 17.4. The molecule has 0 spiro atoms. The summed E-state index contributed by atoms with van der Waals surface area (Å²) >= 11 is 0. The number of benzene rings is 2. The second kappa shape index (κ2) is 8.72. The van der Waals surface area contributed by atoms with Gasteiger partial charge in [-0.05, 0) is 24.1 Å². The molecule has 0 aliphatic heterocycles. The summed E-state index contributed by atoms with van der Waals surface area (Å²) in [6.45, 7) is 1.93. The van der Waals surface area contributed by atoms with Gasteiger partial charge in [0.05, 0.1) is 12.8 Å². The van der Waals surface area contributed by atoms with E-state index in [1.54, 1.807) is 18.2 Å². The van der Waals surface area contributed by atoms with E-state index >= 15 is 0 Å². The van der Waals surface area contributed by atoms with Crippen molar-refractivity contribution in [2.24, 2.45) is 0 Å². The lowest BCUT2D eigenvalue weighted by atomic mass is 10.1. The zero-order valence-electron chi connectivity index (χ0n) is 14.0. The predicted octanol–water partition coefficient (Wildman–Crippen LogP) is 2.41. The molecule has 0 bridgehead atoms. The van der Waals surface area contributed by atoms with Crippen LogP contribution in [0.15, 0.2) is 54.6 Å². The highest BCUT2D eigenvalue weighted by atomic mass is 16.5. The quantitative estimate of drug-likeness (QED) is 0.850. The molecule has 2 amide bonds. The van der Waals surface area contributed by atoms with E-state index in [9.17, 15) is 9.59 Å². The Morgan fingerprint density at radius 2 is 1.71 bits per heavy atom. The molecule has 0 aliphatic rings. The lowest BCUT2D eigenvalue weighted by Gasteiger charge is -2.22. The Morgan fingerprint density at radius 1 is 1.04 bits per heavy atom. The molecule has 5 nitrogen and oxygen atoms in total. The molecule has 0 saturated carbocycles. The minimum absolute atomic E-state index is 0.0372. The standard InChI is InChI=1S/C19H22N2O3/c1-15(22)21(17-10-6-7-11-18(17)24-2)14-19(23)20-13-12-16-8-4-3-5-9-16/h3-11H,12-14H2,1-2H3,(H,20,23). The maximum Gasteiger partial charge on any atom is 0.240 e. The van der Waals surface area contributed by atoms with E-state index in [-0.39, 0.29) is 18.4 Å². The van der Waals surface area contributed by atoms with Gasteiger partial charge in [0, 0.05) is 13.5 Å². The van der Waals surface area contributed by atoms with Gasteiger partial charge in [0.15, 0.2) is 0 Å². The molecule has 0 atom stereocenters. The number of nitrogens with one attached hydrogen (secondary N) is 1. The van der Waals surface area contributed by atoms with Gasteiger partial charge >= 0.3 is 0 Å². The number of ether oxygens (including phenoxy) is 1. The lowest BCUT2D eigenvalue weighted by molar-refractivity contribution is -0.123. The van der Waals surface area contributed by atoms with Gasteiger partial charge in [0.2, 0.25) is 11.8 Å². The van der Waals surface area contributed by atoms with Crippen molar-refractivity contribution >= 4 is 17.5 Å². The molecule has 2 rings (SSSR count). The van der Waals surface area contributed by atoms with Crippen molar-refractivity contribution in [3.63, 3.8) is 0 Å². The number of rotatable bonds is 7. The molecule has 1 N–H and O–H groups in total. The van der Waals surface area contributed by atoms with Crippen LogP contribution in [-0.4, -0.2) is 32.0 Å². The monoisotopic (exact) mass is 326 g/mol. The van der Waals surface area contributed by atoms with Crippen LogP contribution in [0.1, 0.15) is 12.5 Å². The molecule has 0 saturated heterocycles. The highest BCUT2D eigenvalue weighted by Gasteiger charge is 2.18. The van der Waals surface area contributed by atoms with Gasteiger partial charge in [0.25, 0.3) is 0 Å². The Kier molecular flexibility index (Phi) is 6.37. The second-order valence-corrected chi connectivity index (χ2v) is 5.36. The first-order valence-electron chi connectivity index (χ1n) is 7.83. The SMILES string of the molecule is COc1ccccc1N(CC(=O)NCCc1ccccc1)C(C)=O. The van der Waals surface area contributed by atoms with E-state index in [4.69, 9.17) is 4.74 Å². The molecule has 0 heterocycles. The van der Waals surface area contributed by atoms with Crippen LogP contribution >= 0.6 is 0 Å². The Hall–Kier alpha value is -2.82. The molecule has 0 unspecified atom stereocenters. The van der Waals surface area contributed by atoms with Crippen molar-refractivity contribution < 1.29 is 14.3 Å². The van der Waals surface area contributed by atoms with E-state index in [2.05, 4.69) is 5.32 Å². The molecule has 2 aromatic rings. The third kappa shape index (κ3) is 4.84. The first-order chi connectivity index (χ1) is 11.6. The van der Waals surface area contributed by atoms with E-state index in [1.165, 1.54) is 18.9 Å². The highest BCUT2D eigenvalue weighted by Crippen LogP contribution is 2.27. The number of nitrogens with zero attached hydrogens (tertiary/aromatic N) is 1. The third-order valence-corrected chi connectivity index (χ3v) is 3.64. The van der Waals surface area contributed by atoms with Crippen molar-refractivity contribution in [2.75, 3.05) is 25.1 Å². The van der Waals surface area contributed by atoms with Gasteiger partial charge in [-0.2, -0.15) is 0 Å². The number of carbonyl (C=O) groups excluding carboxylic acids is 2. The van der Waals surface area contributed by atoms with Crippen LogP contribution in [0.5, 0.6) is 5.75 Å². The average molecular weight is 326 g/mol. The summed E-state index contributed by atoms with van der Waals surface area (Å²) in [5.41, 5.74) is 1.75. The number of anilines is 1. The van der Waals surface area contributed by atoms with Crippen LogP contribution in [0.25, 0.3) is 0 Å². The number of hydrogen-bond acceptors (Lipinski definition) is 3. The molecule has 0 fully saturated rings. The largest absolute Gasteiger partial charge is 0.495 e. The summed E-state index contributed by atoms with van der Waals surface area (Å²) in [6, 6.07) is 17.1. The molecular formula is C19H22N2O3. The van der Waals surface area contributed by atoms with Crippen molar-refractivity contribution in [1.82, 2.24) is 5.32 Å². The number of amides is 2.